The molecule has 1 aliphatic carbocycles. The molecule has 2 fully saturated rings. The van der Waals surface area contributed by atoms with Gasteiger partial charge in [-0.25, -0.2) is 9.37 Å². The molecule has 1 saturated carbocycles. The Morgan fingerprint density at radius 1 is 1.16 bits per heavy atom. The maximum absolute atomic E-state index is 13.3. The zero-order chi connectivity index (χ0) is 22.0. The molecule has 1 aromatic carbocycles. The van der Waals surface area contributed by atoms with E-state index in [0.717, 1.165) is 29.7 Å². The maximum Gasteiger partial charge on any atom is 0.270 e. The minimum absolute atomic E-state index is 0.0502. The molecule has 5 N–H and O–H groups in total. The third-order valence-electron chi connectivity index (χ3n) is 6.25. The summed E-state index contributed by atoms with van der Waals surface area (Å²) in [6.07, 6.45) is 3.83. The Morgan fingerprint density at radius 3 is 2.45 bits per heavy atom. The number of hydrogen-bond donors (Lipinski definition) is 3. The Balaban J connectivity index is 1.57. The number of pyridine rings is 1. The first kappa shape index (κ1) is 21.4. The number of nitrogens with zero attached hydrogens (tertiary/aromatic N) is 1. The first-order valence-corrected chi connectivity index (χ1v) is 10.7. The van der Waals surface area contributed by atoms with Crippen LogP contribution in [0.25, 0.3) is 5.84 Å². The lowest BCUT2D eigenvalue weighted by Gasteiger charge is -2.41. The monoisotopic (exact) mass is 425 g/mol. The third-order valence-corrected chi connectivity index (χ3v) is 6.25. The van der Waals surface area contributed by atoms with Gasteiger partial charge in [0.1, 0.15) is 11.5 Å². The molecule has 0 spiro atoms. The normalized spacial score (nSPS) is 23.4. The fourth-order valence-electron chi connectivity index (χ4n) is 4.36. The van der Waals surface area contributed by atoms with Gasteiger partial charge in [-0.05, 0) is 48.1 Å². The average molecular weight is 426 g/mol. The summed E-state index contributed by atoms with van der Waals surface area (Å²) < 4.78 is 13.3. The highest BCUT2D eigenvalue weighted by atomic mass is 19.1. The summed E-state index contributed by atoms with van der Waals surface area (Å²) in [6, 6.07) is 10.0. The van der Waals surface area contributed by atoms with Gasteiger partial charge < -0.3 is 21.9 Å². The molecule has 0 bridgehead atoms. The van der Waals surface area contributed by atoms with Crippen molar-refractivity contribution in [2.24, 2.45) is 5.73 Å². The number of benzene rings is 1. The Labute approximate surface area is 181 Å². The van der Waals surface area contributed by atoms with E-state index in [4.69, 9.17) is 11.6 Å². The van der Waals surface area contributed by atoms with Crippen molar-refractivity contribution in [2.45, 2.75) is 50.0 Å². The fraction of sp³-hybridized carbons (Fsp3) is 0.435. The van der Waals surface area contributed by atoms with Crippen LogP contribution < -0.4 is 16.1 Å². The highest BCUT2D eigenvalue weighted by molar-refractivity contribution is 5.93. The fourth-order valence-corrected chi connectivity index (χ4v) is 4.36. The quantitative estimate of drug-likeness (QED) is 0.627. The largest absolute Gasteiger partial charge is 0.469 e. The highest BCUT2D eigenvalue weighted by Crippen LogP contribution is 2.41. The van der Waals surface area contributed by atoms with Gasteiger partial charge in [-0.2, -0.15) is 0 Å². The van der Waals surface area contributed by atoms with E-state index >= 15 is 0 Å². The lowest BCUT2D eigenvalue weighted by molar-refractivity contribution is -0.855. The number of quaternary nitrogens is 1. The van der Waals surface area contributed by atoms with Gasteiger partial charge in [0.05, 0.1) is 18.6 Å². The van der Waals surface area contributed by atoms with Crippen molar-refractivity contribution < 1.29 is 19.0 Å². The van der Waals surface area contributed by atoms with Crippen molar-refractivity contribution in [1.29, 1.82) is 0 Å². The van der Waals surface area contributed by atoms with Gasteiger partial charge in [0, 0.05) is 31.4 Å². The molecule has 2 heterocycles. The molecule has 2 amide bonds. The van der Waals surface area contributed by atoms with Crippen LogP contribution in [-0.4, -0.2) is 35.4 Å². The number of nitrogens with two attached hydrogens (primary N) is 1. The standard InChI is InChI=1S/C23H28FN5O2/c24-17-5-1-15(2-6-17)13-20-18(16-3-4-16)7-8-19(27-20)22(31)28-23(14-21(25)30)9-11-29(26)12-10-23/h1-2,5-8,16,26,29H,3-4,9-14H2,(H2,25,30)(H,28,31). The maximum atomic E-state index is 13.3. The molecule has 164 valence electrons. The lowest BCUT2D eigenvalue weighted by Crippen LogP contribution is -3.07. The van der Waals surface area contributed by atoms with Crippen LogP contribution in [0.2, 0.25) is 0 Å². The third kappa shape index (κ3) is 5.26. The number of primary amides is 1. The topological polar surface area (TPSA) is 113 Å². The molecular weight excluding hydrogens is 397 g/mol. The molecular formula is C23H28FN5O2. The van der Waals surface area contributed by atoms with Crippen LogP contribution in [0.5, 0.6) is 0 Å². The summed E-state index contributed by atoms with van der Waals surface area (Å²) in [4.78, 5) is 29.4. The van der Waals surface area contributed by atoms with Crippen molar-refractivity contribution in [3.05, 3.63) is 70.6 Å². The minimum atomic E-state index is -0.735. The van der Waals surface area contributed by atoms with E-state index in [2.05, 4.69) is 10.3 Å². The number of hydrogen-bond acceptors (Lipinski definition) is 3. The van der Waals surface area contributed by atoms with E-state index in [9.17, 15) is 14.0 Å². The Kier molecular flexibility index (Phi) is 6.02. The number of piperidine rings is 1. The number of carbonyl (C=O) groups is 2. The van der Waals surface area contributed by atoms with E-state index in [1.54, 1.807) is 18.2 Å². The zero-order valence-electron chi connectivity index (χ0n) is 17.4. The van der Waals surface area contributed by atoms with Crippen LogP contribution >= 0.6 is 0 Å². The van der Waals surface area contributed by atoms with Crippen molar-refractivity contribution in [3.63, 3.8) is 0 Å². The van der Waals surface area contributed by atoms with E-state index in [1.165, 1.54) is 12.1 Å². The van der Waals surface area contributed by atoms with Crippen molar-refractivity contribution >= 4 is 11.8 Å². The van der Waals surface area contributed by atoms with Crippen LogP contribution in [0.4, 0.5) is 4.39 Å². The molecule has 2 aromatic rings. The molecule has 1 aromatic heterocycles. The number of rotatable bonds is 7. The molecule has 0 radical (unpaired) electrons. The first-order chi connectivity index (χ1) is 14.8. The van der Waals surface area contributed by atoms with Gasteiger partial charge in [-0.15, -0.1) is 0 Å². The average Bonchev–Trinajstić information content (AvgIpc) is 3.57. The molecule has 7 nitrogen and oxygen atoms in total. The lowest BCUT2D eigenvalue weighted by atomic mass is 9.84. The number of halogens is 1. The Hall–Kier alpha value is -2.84. The summed E-state index contributed by atoms with van der Waals surface area (Å²) in [5, 5.41) is 3.64. The molecule has 0 unspecified atom stereocenters. The highest BCUT2D eigenvalue weighted by Gasteiger charge is 2.38. The van der Waals surface area contributed by atoms with Crippen LogP contribution in [0.1, 0.15) is 65.3 Å². The van der Waals surface area contributed by atoms with Crippen LogP contribution in [0, 0.1) is 5.82 Å². The summed E-state index contributed by atoms with van der Waals surface area (Å²) in [5.74, 6) is 7.22. The number of carbonyl (C=O) groups excluding carboxylic acids is 2. The van der Waals surface area contributed by atoms with Crippen molar-refractivity contribution in [1.82, 2.24) is 10.3 Å². The van der Waals surface area contributed by atoms with Gasteiger partial charge in [0.25, 0.3) is 5.91 Å². The summed E-state index contributed by atoms with van der Waals surface area (Å²) in [5.41, 5.74) is 7.92. The molecule has 1 saturated heterocycles. The number of aromatic nitrogens is 1. The predicted molar refractivity (Wildman–Crippen MR) is 114 cm³/mol. The van der Waals surface area contributed by atoms with Gasteiger partial charge in [0.2, 0.25) is 5.91 Å². The van der Waals surface area contributed by atoms with Crippen LogP contribution in [0.15, 0.2) is 36.4 Å². The van der Waals surface area contributed by atoms with Gasteiger partial charge >= 0.3 is 0 Å². The minimum Gasteiger partial charge on any atom is -0.469 e. The number of nitrogens with one attached hydrogen (secondary N) is 3. The Morgan fingerprint density at radius 2 is 1.84 bits per heavy atom. The van der Waals surface area contributed by atoms with E-state index in [0.29, 0.717) is 49.0 Å². The predicted octanol–water partition coefficient (Wildman–Crippen LogP) is 1.68. The van der Waals surface area contributed by atoms with Gasteiger partial charge in [-0.3, -0.25) is 9.59 Å². The van der Waals surface area contributed by atoms with E-state index in [-0.39, 0.29) is 18.1 Å². The van der Waals surface area contributed by atoms with Gasteiger partial charge in [0.15, 0.2) is 0 Å². The molecule has 4 rings (SSSR count). The van der Waals surface area contributed by atoms with Crippen molar-refractivity contribution in [3.8, 4) is 0 Å². The second-order valence-electron chi connectivity index (χ2n) is 8.79. The van der Waals surface area contributed by atoms with Crippen LogP contribution in [-0.2, 0) is 11.2 Å². The summed E-state index contributed by atoms with van der Waals surface area (Å²) in [7, 11) is 0. The molecule has 1 aliphatic heterocycles. The molecule has 8 heteroatoms. The van der Waals surface area contributed by atoms with E-state index in [1.807, 2.05) is 6.07 Å². The molecule has 2 aliphatic rings. The SMILES string of the molecule is [NH-][NH+]1CCC(CC(N)=O)(NC(=O)c2ccc(C3CC3)c(Cc3ccc(F)cc3)n2)CC1. The Bertz CT molecular complexity index is 966. The van der Waals surface area contributed by atoms with E-state index < -0.39 is 11.4 Å². The van der Waals surface area contributed by atoms with Gasteiger partial charge in [-0.1, -0.05) is 18.2 Å². The second kappa shape index (κ2) is 8.72. The first-order valence-electron chi connectivity index (χ1n) is 10.7. The molecule has 0 atom stereocenters. The van der Waals surface area contributed by atoms with Crippen LogP contribution in [0.3, 0.4) is 0 Å². The smallest absolute Gasteiger partial charge is 0.270 e. The second-order valence-corrected chi connectivity index (χ2v) is 8.79. The zero-order valence-corrected chi connectivity index (χ0v) is 17.4. The molecule has 31 heavy (non-hydrogen) atoms. The summed E-state index contributed by atoms with van der Waals surface area (Å²) in [6.45, 7) is 1.08. The summed E-state index contributed by atoms with van der Waals surface area (Å²) >= 11 is 0. The number of amides is 2. The van der Waals surface area contributed by atoms with Crippen molar-refractivity contribution in [2.75, 3.05) is 13.1 Å².